The molecule has 24 heavy (non-hydrogen) atoms. The van der Waals surface area contributed by atoms with Crippen molar-refractivity contribution < 1.29 is 9.84 Å². The molecule has 1 spiro atoms. The summed E-state index contributed by atoms with van der Waals surface area (Å²) in [5.74, 6) is 0.386. The first-order valence-corrected chi connectivity index (χ1v) is 8.92. The third-order valence-electron chi connectivity index (χ3n) is 6.73. The molecule has 0 aromatic heterocycles. The van der Waals surface area contributed by atoms with Gasteiger partial charge in [0, 0.05) is 29.6 Å². The molecule has 1 aliphatic carbocycles. The Labute approximate surface area is 142 Å². The third-order valence-corrected chi connectivity index (χ3v) is 6.73. The predicted molar refractivity (Wildman–Crippen MR) is 93.9 cm³/mol. The second kappa shape index (κ2) is 5.11. The fourth-order valence-electron chi connectivity index (χ4n) is 5.89. The van der Waals surface area contributed by atoms with Crippen LogP contribution in [-0.4, -0.2) is 48.9 Å². The monoisotopic (exact) mass is 324 g/mol. The van der Waals surface area contributed by atoms with Crippen LogP contribution in [0.1, 0.15) is 18.4 Å². The van der Waals surface area contributed by atoms with Gasteiger partial charge in [-0.15, -0.1) is 0 Å². The van der Waals surface area contributed by atoms with Gasteiger partial charge in [-0.05, 0) is 36.6 Å². The summed E-state index contributed by atoms with van der Waals surface area (Å²) in [4.78, 5) is 2.64. The number of methoxy groups -OCH3 is 1. The Morgan fingerprint density at radius 2 is 2.29 bits per heavy atom. The zero-order chi connectivity index (χ0) is 16.3. The van der Waals surface area contributed by atoms with Crippen LogP contribution < -0.4 is 5.32 Å². The average molecular weight is 324 g/mol. The van der Waals surface area contributed by atoms with Gasteiger partial charge in [0.15, 0.2) is 0 Å². The highest BCUT2D eigenvalue weighted by atomic mass is 16.5. The molecule has 3 heterocycles. The van der Waals surface area contributed by atoms with Crippen molar-refractivity contribution in [2.45, 2.75) is 30.3 Å². The summed E-state index contributed by atoms with van der Waals surface area (Å²) in [6, 6.07) is 9.70. The van der Waals surface area contributed by atoms with Crippen molar-refractivity contribution in [3.05, 3.63) is 53.3 Å². The minimum absolute atomic E-state index is 0.119. The summed E-state index contributed by atoms with van der Waals surface area (Å²) in [6.07, 6.45) is 6.29. The lowest BCUT2D eigenvalue weighted by molar-refractivity contribution is 0.128. The number of nitrogens with one attached hydrogen (secondary N) is 1. The Balaban J connectivity index is 1.70. The van der Waals surface area contributed by atoms with Gasteiger partial charge in [0.2, 0.25) is 0 Å². The van der Waals surface area contributed by atoms with Crippen molar-refractivity contribution in [2.75, 3.05) is 32.1 Å². The number of hydrogen-bond donors (Lipinski definition) is 2. The lowest BCUT2D eigenvalue weighted by Crippen LogP contribution is -2.59. The number of fused-ring (bicyclic) bond motifs is 2. The molecule has 4 atom stereocenters. The summed E-state index contributed by atoms with van der Waals surface area (Å²) in [5, 5.41) is 13.3. The smallest absolute Gasteiger partial charge is 0.0843 e. The fraction of sp³-hybridized carbons (Fsp3) is 0.500. The van der Waals surface area contributed by atoms with Gasteiger partial charge in [-0.3, -0.25) is 4.90 Å². The number of anilines is 1. The molecule has 1 aromatic rings. The molecule has 4 nitrogen and oxygen atoms in total. The molecule has 1 aromatic carbocycles. The van der Waals surface area contributed by atoms with Crippen LogP contribution in [0.2, 0.25) is 0 Å². The molecule has 2 saturated heterocycles. The van der Waals surface area contributed by atoms with E-state index in [0.717, 1.165) is 19.5 Å². The van der Waals surface area contributed by atoms with Gasteiger partial charge >= 0.3 is 0 Å². The van der Waals surface area contributed by atoms with Crippen LogP contribution in [0, 0.1) is 5.92 Å². The second-order valence-corrected chi connectivity index (χ2v) is 7.50. The van der Waals surface area contributed by atoms with E-state index in [-0.39, 0.29) is 12.0 Å². The fourth-order valence-corrected chi connectivity index (χ4v) is 5.89. The molecule has 0 amide bonds. The zero-order valence-electron chi connectivity index (χ0n) is 14.0. The molecule has 0 unspecified atom stereocenters. The quantitative estimate of drug-likeness (QED) is 0.647. The molecule has 4 aliphatic rings. The maximum atomic E-state index is 9.47. The SMILES string of the molecule is CO/C=C1/[C@H]2C[C@@H]3N(CC[C@]34c3ccccc3N[C@@H]14)C/C2=C\CO. The van der Waals surface area contributed by atoms with E-state index in [0.29, 0.717) is 18.0 Å². The van der Waals surface area contributed by atoms with Crippen molar-refractivity contribution in [1.29, 1.82) is 0 Å². The largest absolute Gasteiger partial charge is 0.504 e. The normalized spacial score (nSPS) is 39.7. The van der Waals surface area contributed by atoms with Crippen molar-refractivity contribution in [3.63, 3.8) is 0 Å². The van der Waals surface area contributed by atoms with Crippen LogP contribution in [0.15, 0.2) is 47.7 Å². The molecule has 4 heteroatoms. The van der Waals surface area contributed by atoms with E-state index in [1.807, 2.05) is 12.3 Å². The number of ether oxygens (including phenoxy) is 1. The molecule has 1 saturated carbocycles. The Bertz CT molecular complexity index is 741. The summed E-state index contributed by atoms with van der Waals surface area (Å²) in [5.41, 5.74) is 5.64. The Hall–Kier alpha value is -1.78. The first-order valence-electron chi connectivity index (χ1n) is 8.92. The average Bonchev–Trinajstić information content (AvgIpc) is 3.15. The van der Waals surface area contributed by atoms with Gasteiger partial charge < -0.3 is 15.2 Å². The van der Waals surface area contributed by atoms with E-state index in [1.54, 1.807) is 7.11 Å². The molecular weight excluding hydrogens is 300 g/mol. The van der Waals surface area contributed by atoms with Crippen LogP contribution in [0.4, 0.5) is 5.69 Å². The highest BCUT2D eigenvalue weighted by Crippen LogP contribution is 2.60. The zero-order valence-corrected chi connectivity index (χ0v) is 14.0. The minimum atomic E-state index is 0.119. The van der Waals surface area contributed by atoms with Gasteiger partial charge in [-0.1, -0.05) is 29.8 Å². The number of rotatable bonds is 2. The first kappa shape index (κ1) is 14.6. The maximum Gasteiger partial charge on any atom is 0.0843 e. The number of para-hydroxylation sites is 1. The minimum Gasteiger partial charge on any atom is -0.504 e. The Kier molecular flexibility index (Phi) is 3.10. The molecule has 5 rings (SSSR count). The molecule has 0 radical (unpaired) electrons. The number of aliphatic hydroxyl groups excluding tert-OH is 1. The summed E-state index contributed by atoms with van der Waals surface area (Å²) in [6.45, 7) is 2.23. The second-order valence-electron chi connectivity index (χ2n) is 7.50. The van der Waals surface area contributed by atoms with E-state index in [2.05, 4.69) is 34.5 Å². The highest BCUT2D eigenvalue weighted by Gasteiger charge is 2.63. The molecule has 3 fully saturated rings. The van der Waals surface area contributed by atoms with E-state index in [9.17, 15) is 5.11 Å². The van der Waals surface area contributed by atoms with E-state index < -0.39 is 0 Å². The molecule has 2 bridgehead atoms. The lowest BCUT2D eigenvalue weighted by Gasteiger charge is -2.52. The topological polar surface area (TPSA) is 44.7 Å². The summed E-state index contributed by atoms with van der Waals surface area (Å²) >= 11 is 0. The van der Waals surface area contributed by atoms with Gasteiger partial charge in [-0.25, -0.2) is 0 Å². The van der Waals surface area contributed by atoms with Crippen LogP contribution in [0.5, 0.6) is 0 Å². The van der Waals surface area contributed by atoms with Gasteiger partial charge in [0.05, 0.1) is 26.0 Å². The predicted octanol–water partition coefficient (Wildman–Crippen LogP) is 2.28. The van der Waals surface area contributed by atoms with Crippen LogP contribution in [0.25, 0.3) is 0 Å². The summed E-state index contributed by atoms with van der Waals surface area (Å²) in [7, 11) is 1.74. The van der Waals surface area contributed by atoms with Gasteiger partial charge in [0.25, 0.3) is 0 Å². The number of benzene rings is 1. The van der Waals surface area contributed by atoms with Crippen molar-refractivity contribution in [3.8, 4) is 0 Å². The number of hydrogen-bond acceptors (Lipinski definition) is 4. The summed E-state index contributed by atoms with van der Waals surface area (Å²) < 4.78 is 5.50. The van der Waals surface area contributed by atoms with Crippen molar-refractivity contribution in [2.24, 2.45) is 5.92 Å². The van der Waals surface area contributed by atoms with Crippen LogP contribution in [-0.2, 0) is 10.2 Å². The van der Waals surface area contributed by atoms with Gasteiger partial charge in [0.1, 0.15) is 0 Å². The molecular formula is C20H24N2O2. The highest BCUT2D eigenvalue weighted by molar-refractivity contribution is 5.67. The maximum absolute atomic E-state index is 9.47. The van der Waals surface area contributed by atoms with Crippen LogP contribution in [0.3, 0.4) is 0 Å². The first-order chi connectivity index (χ1) is 11.8. The third kappa shape index (κ3) is 1.65. The van der Waals surface area contributed by atoms with E-state index in [4.69, 9.17) is 4.74 Å². The standard InChI is InChI=1S/C20H24N2O2/c1-24-12-15-14-10-18-20(7-8-22(18)11-13(14)6-9-23)16-4-2-3-5-17(16)21-19(15)20/h2-6,12,14,18-19,21,23H,7-11H2,1H3/b13-6+,15-12-/t14-,18-,19-,20-/m0/s1. The van der Waals surface area contributed by atoms with Crippen molar-refractivity contribution in [1.82, 2.24) is 4.90 Å². The number of piperidine rings is 1. The van der Waals surface area contributed by atoms with E-state index in [1.165, 1.54) is 28.8 Å². The molecule has 2 N–H and O–H groups in total. The Morgan fingerprint density at radius 1 is 1.42 bits per heavy atom. The number of aliphatic hydroxyl groups is 1. The van der Waals surface area contributed by atoms with E-state index >= 15 is 0 Å². The molecule has 126 valence electrons. The molecule has 3 aliphatic heterocycles. The number of nitrogens with zero attached hydrogens (tertiary/aromatic N) is 1. The van der Waals surface area contributed by atoms with Crippen molar-refractivity contribution >= 4 is 5.69 Å². The Morgan fingerprint density at radius 3 is 3.12 bits per heavy atom. The van der Waals surface area contributed by atoms with Crippen LogP contribution >= 0.6 is 0 Å². The van der Waals surface area contributed by atoms with Gasteiger partial charge in [-0.2, -0.15) is 0 Å². The lowest BCUT2D eigenvalue weighted by atomic mass is 9.58.